The SMILES string of the molecule is COc1ccc(Oc2nccnc2[C@@H]2CCCN(C(=O)c3ccccn3)C2)cc1. The summed E-state index contributed by atoms with van der Waals surface area (Å²) in [6.07, 6.45) is 6.72. The highest BCUT2D eigenvalue weighted by Crippen LogP contribution is 2.33. The van der Waals surface area contributed by atoms with Crippen LogP contribution in [0.5, 0.6) is 17.4 Å². The normalized spacial score (nSPS) is 16.3. The number of benzene rings is 1. The number of carbonyl (C=O) groups excluding carboxylic acids is 1. The van der Waals surface area contributed by atoms with Crippen molar-refractivity contribution in [3.05, 3.63) is 72.4 Å². The summed E-state index contributed by atoms with van der Waals surface area (Å²) in [7, 11) is 1.62. The average Bonchev–Trinajstić information content (AvgIpc) is 2.80. The van der Waals surface area contributed by atoms with Gasteiger partial charge in [0.2, 0.25) is 5.88 Å². The van der Waals surface area contributed by atoms with Gasteiger partial charge in [-0.05, 0) is 49.2 Å². The Labute approximate surface area is 169 Å². The molecule has 0 saturated carbocycles. The van der Waals surface area contributed by atoms with Crippen molar-refractivity contribution in [1.82, 2.24) is 19.9 Å². The Bertz CT molecular complexity index is 963. The highest BCUT2D eigenvalue weighted by atomic mass is 16.5. The highest BCUT2D eigenvalue weighted by molar-refractivity contribution is 5.92. The van der Waals surface area contributed by atoms with Crippen molar-refractivity contribution in [2.75, 3.05) is 20.2 Å². The molecule has 1 amide bonds. The van der Waals surface area contributed by atoms with E-state index in [1.165, 1.54) is 0 Å². The van der Waals surface area contributed by atoms with Gasteiger partial charge in [-0.25, -0.2) is 4.98 Å². The van der Waals surface area contributed by atoms with Crippen molar-refractivity contribution in [3.8, 4) is 17.4 Å². The van der Waals surface area contributed by atoms with Gasteiger partial charge in [0.1, 0.15) is 22.9 Å². The lowest BCUT2D eigenvalue weighted by atomic mass is 9.94. The summed E-state index contributed by atoms with van der Waals surface area (Å²) >= 11 is 0. The van der Waals surface area contributed by atoms with Crippen LogP contribution in [0, 0.1) is 0 Å². The van der Waals surface area contributed by atoms with Crippen molar-refractivity contribution in [2.45, 2.75) is 18.8 Å². The first kappa shape index (κ1) is 18.9. The Morgan fingerprint density at radius 3 is 2.55 bits per heavy atom. The van der Waals surface area contributed by atoms with Crippen molar-refractivity contribution in [1.29, 1.82) is 0 Å². The van der Waals surface area contributed by atoms with Crippen LogP contribution >= 0.6 is 0 Å². The van der Waals surface area contributed by atoms with Crippen LogP contribution in [-0.2, 0) is 0 Å². The molecule has 0 aliphatic carbocycles. The van der Waals surface area contributed by atoms with Gasteiger partial charge in [-0.3, -0.25) is 14.8 Å². The van der Waals surface area contributed by atoms with Gasteiger partial charge >= 0.3 is 0 Å². The summed E-state index contributed by atoms with van der Waals surface area (Å²) in [6, 6.07) is 12.7. The second kappa shape index (κ2) is 8.68. The minimum atomic E-state index is -0.0585. The number of methoxy groups -OCH3 is 1. The van der Waals surface area contributed by atoms with Gasteiger partial charge in [0.05, 0.1) is 7.11 Å². The third-order valence-corrected chi connectivity index (χ3v) is 4.94. The van der Waals surface area contributed by atoms with E-state index in [0.717, 1.165) is 24.3 Å². The first-order valence-electron chi connectivity index (χ1n) is 9.57. The van der Waals surface area contributed by atoms with Crippen LogP contribution in [0.3, 0.4) is 0 Å². The molecule has 0 unspecified atom stereocenters. The molecule has 148 valence electrons. The lowest BCUT2D eigenvalue weighted by Crippen LogP contribution is -2.39. The number of ether oxygens (including phenoxy) is 2. The molecule has 2 aromatic heterocycles. The summed E-state index contributed by atoms with van der Waals surface area (Å²) in [5, 5.41) is 0. The molecule has 7 nitrogen and oxygen atoms in total. The Hall–Kier alpha value is -3.48. The van der Waals surface area contributed by atoms with Crippen molar-refractivity contribution < 1.29 is 14.3 Å². The van der Waals surface area contributed by atoms with E-state index in [9.17, 15) is 4.79 Å². The lowest BCUT2D eigenvalue weighted by molar-refractivity contribution is 0.0699. The monoisotopic (exact) mass is 390 g/mol. The number of piperidine rings is 1. The maximum atomic E-state index is 12.8. The van der Waals surface area contributed by atoms with Gasteiger partial charge in [-0.2, -0.15) is 0 Å². The van der Waals surface area contributed by atoms with Crippen LogP contribution in [0.4, 0.5) is 0 Å². The fraction of sp³-hybridized carbons (Fsp3) is 0.273. The van der Waals surface area contributed by atoms with E-state index >= 15 is 0 Å². The van der Waals surface area contributed by atoms with Crippen LogP contribution in [-0.4, -0.2) is 46.0 Å². The van der Waals surface area contributed by atoms with Crippen molar-refractivity contribution in [3.63, 3.8) is 0 Å². The molecule has 7 heteroatoms. The quantitative estimate of drug-likeness (QED) is 0.661. The first-order chi connectivity index (χ1) is 14.2. The summed E-state index contributed by atoms with van der Waals surface area (Å²) < 4.78 is 11.2. The molecule has 1 fully saturated rings. The third-order valence-electron chi connectivity index (χ3n) is 4.94. The standard InChI is InChI=1S/C22H22N4O3/c1-28-17-7-9-18(10-8-17)29-21-20(24-12-13-25-21)16-5-4-14-26(15-16)22(27)19-6-2-3-11-23-19/h2-3,6-13,16H,4-5,14-15H2,1H3/t16-/m1/s1. The molecule has 3 aromatic rings. The summed E-state index contributed by atoms with van der Waals surface area (Å²) in [4.78, 5) is 27.7. The number of hydrogen-bond donors (Lipinski definition) is 0. The minimum absolute atomic E-state index is 0.0540. The van der Waals surface area contributed by atoms with Crippen LogP contribution in [0.15, 0.2) is 61.1 Å². The Kier molecular flexibility index (Phi) is 5.65. The van der Waals surface area contributed by atoms with Gasteiger partial charge in [0.15, 0.2) is 0 Å². The lowest BCUT2D eigenvalue weighted by Gasteiger charge is -2.32. The number of likely N-dealkylation sites (tertiary alicyclic amines) is 1. The van der Waals surface area contributed by atoms with Gasteiger partial charge in [0, 0.05) is 37.6 Å². The maximum Gasteiger partial charge on any atom is 0.272 e. The molecule has 0 radical (unpaired) electrons. The van der Waals surface area contributed by atoms with Crippen molar-refractivity contribution >= 4 is 5.91 Å². The minimum Gasteiger partial charge on any atom is -0.497 e. The largest absolute Gasteiger partial charge is 0.497 e. The number of rotatable bonds is 5. The maximum absolute atomic E-state index is 12.8. The summed E-state index contributed by atoms with van der Waals surface area (Å²) in [5.74, 6) is 1.88. The summed E-state index contributed by atoms with van der Waals surface area (Å²) in [6.45, 7) is 1.27. The predicted octanol–water partition coefficient (Wildman–Crippen LogP) is 3.69. The van der Waals surface area contributed by atoms with Gasteiger partial charge in [-0.15, -0.1) is 0 Å². The van der Waals surface area contributed by atoms with E-state index in [1.807, 2.05) is 35.2 Å². The first-order valence-corrected chi connectivity index (χ1v) is 9.57. The number of carbonyl (C=O) groups is 1. The Balaban J connectivity index is 1.52. The van der Waals surface area contributed by atoms with Crippen LogP contribution in [0.2, 0.25) is 0 Å². The highest BCUT2D eigenvalue weighted by Gasteiger charge is 2.29. The molecule has 0 spiro atoms. The molecule has 0 bridgehead atoms. The Morgan fingerprint density at radius 1 is 1.00 bits per heavy atom. The second-order valence-corrected chi connectivity index (χ2v) is 6.83. The average molecular weight is 390 g/mol. The number of hydrogen-bond acceptors (Lipinski definition) is 6. The molecule has 1 aliphatic heterocycles. The van der Waals surface area contributed by atoms with Crippen LogP contribution < -0.4 is 9.47 Å². The van der Waals surface area contributed by atoms with Crippen LogP contribution in [0.25, 0.3) is 0 Å². The van der Waals surface area contributed by atoms with E-state index in [1.54, 1.807) is 37.8 Å². The molecule has 0 N–H and O–H groups in total. The van der Waals surface area contributed by atoms with Crippen molar-refractivity contribution in [2.24, 2.45) is 0 Å². The smallest absolute Gasteiger partial charge is 0.272 e. The molecular formula is C22H22N4O3. The zero-order valence-electron chi connectivity index (χ0n) is 16.2. The van der Waals surface area contributed by atoms with Crippen LogP contribution in [0.1, 0.15) is 34.9 Å². The number of aromatic nitrogens is 3. The van der Waals surface area contributed by atoms with E-state index in [2.05, 4.69) is 15.0 Å². The fourth-order valence-corrected chi connectivity index (χ4v) is 3.49. The number of amides is 1. The third kappa shape index (κ3) is 4.34. The number of nitrogens with zero attached hydrogens (tertiary/aromatic N) is 4. The zero-order valence-corrected chi connectivity index (χ0v) is 16.2. The van der Waals surface area contributed by atoms with Gasteiger partial charge < -0.3 is 14.4 Å². The van der Waals surface area contributed by atoms with E-state index in [4.69, 9.17) is 9.47 Å². The Morgan fingerprint density at radius 2 is 1.79 bits per heavy atom. The summed E-state index contributed by atoms with van der Waals surface area (Å²) in [5.41, 5.74) is 1.23. The molecule has 1 saturated heterocycles. The molecule has 1 aliphatic rings. The molecular weight excluding hydrogens is 368 g/mol. The van der Waals surface area contributed by atoms with Gasteiger partial charge in [0.25, 0.3) is 5.91 Å². The second-order valence-electron chi connectivity index (χ2n) is 6.83. The fourth-order valence-electron chi connectivity index (χ4n) is 3.49. The molecule has 3 heterocycles. The van der Waals surface area contributed by atoms with E-state index in [-0.39, 0.29) is 11.8 Å². The topological polar surface area (TPSA) is 77.4 Å². The zero-order chi connectivity index (χ0) is 20.1. The predicted molar refractivity (Wildman–Crippen MR) is 107 cm³/mol. The van der Waals surface area contributed by atoms with E-state index < -0.39 is 0 Å². The van der Waals surface area contributed by atoms with Gasteiger partial charge in [-0.1, -0.05) is 6.07 Å². The molecule has 1 aromatic carbocycles. The number of pyridine rings is 1. The molecule has 1 atom stereocenters. The molecule has 29 heavy (non-hydrogen) atoms. The van der Waals surface area contributed by atoms with E-state index in [0.29, 0.717) is 30.4 Å². The molecule has 4 rings (SSSR count).